The summed E-state index contributed by atoms with van der Waals surface area (Å²) < 4.78 is 5.56. The molecule has 0 N–H and O–H groups in total. The molecule has 0 spiro atoms. The normalized spacial score (nSPS) is 10.7. The first-order chi connectivity index (χ1) is 9.52. The van der Waals surface area contributed by atoms with E-state index >= 15 is 0 Å². The Morgan fingerprint density at radius 3 is 1.65 bits per heavy atom. The summed E-state index contributed by atoms with van der Waals surface area (Å²) >= 11 is 24.3. The molecule has 1 nitrogen and oxygen atoms in total. The van der Waals surface area contributed by atoms with Crippen molar-refractivity contribution in [1.29, 1.82) is 0 Å². The van der Waals surface area contributed by atoms with Gasteiger partial charge in [0.05, 0.1) is 6.26 Å². The SMILES string of the molecule is C=COC(c1ccc(Cl)cc1Cl)c1ccc(Cl)cc1Cl. The third-order valence-corrected chi connectivity index (χ3v) is 3.85. The van der Waals surface area contributed by atoms with Crippen LogP contribution in [0.1, 0.15) is 17.2 Å². The van der Waals surface area contributed by atoms with Crippen molar-refractivity contribution < 1.29 is 4.74 Å². The zero-order chi connectivity index (χ0) is 14.7. The largest absolute Gasteiger partial charge is 0.489 e. The molecular formula is C15H10Cl4O. The Balaban J connectivity index is 2.52. The average Bonchev–Trinajstić information content (AvgIpc) is 2.37. The van der Waals surface area contributed by atoms with Crippen LogP contribution in [-0.2, 0) is 4.74 Å². The van der Waals surface area contributed by atoms with Crippen LogP contribution in [-0.4, -0.2) is 0 Å². The Morgan fingerprint density at radius 2 is 1.30 bits per heavy atom. The molecule has 0 aliphatic heterocycles. The minimum Gasteiger partial charge on any atom is -0.489 e. The first kappa shape index (κ1) is 15.5. The van der Waals surface area contributed by atoms with Crippen molar-refractivity contribution >= 4 is 46.4 Å². The van der Waals surface area contributed by atoms with Crippen molar-refractivity contribution in [2.45, 2.75) is 6.10 Å². The van der Waals surface area contributed by atoms with E-state index in [2.05, 4.69) is 6.58 Å². The summed E-state index contributed by atoms with van der Waals surface area (Å²) in [5, 5.41) is 2.10. The van der Waals surface area contributed by atoms with Gasteiger partial charge in [-0.25, -0.2) is 0 Å². The Hall–Kier alpha value is -0.860. The Morgan fingerprint density at radius 1 is 0.850 bits per heavy atom. The van der Waals surface area contributed by atoms with E-state index in [0.29, 0.717) is 20.1 Å². The molecule has 2 rings (SSSR count). The van der Waals surface area contributed by atoms with Gasteiger partial charge >= 0.3 is 0 Å². The Labute approximate surface area is 137 Å². The number of hydrogen-bond acceptors (Lipinski definition) is 1. The molecular weight excluding hydrogens is 338 g/mol. The molecule has 0 aliphatic carbocycles. The quantitative estimate of drug-likeness (QED) is 0.570. The maximum absolute atomic E-state index is 6.23. The molecule has 0 fully saturated rings. The van der Waals surface area contributed by atoms with Crippen LogP contribution in [0.4, 0.5) is 0 Å². The van der Waals surface area contributed by atoms with Gasteiger partial charge in [0.25, 0.3) is 0 Å². The molecule has 0 aromatic heterocycles. The fraction of sp³-hybridized carbons (Fsp3) is 0.0667. The molecule has 0 aliphatic rings. The molecule has 0 heterocycles. The first-order valence-corrected chi connectivity index (χ1v) is 7.20. The van der Waals surface area contributed by atoms with Crippen LogP contribution in [0.15, 0.2) is 49.2 Å². The number of rotatable bonds is 4. The smallest absolute Gasteiger partial charge is 0.151 e. The van der Waals surface area contributed by atoms with Gasteiger partial charge in [-0.1, -0.05) is 65.1 Å². The van der Waals surface area contributed by atoms with E-state index in [-0.39, 0.29) is 0 Å². The van der Waals surface area contributed by atoms with Crippen molar-refractivity contribution in [2.75, 3.05) is 0 Å². The standard InChI is InChI=1S/C15H10Cl4O/c1-2-20-15(11-5-3-9(16)7-13(11)18)12-6-4-10(17)8-14(12)19/h2-8,15H,1H2. The summed E-state index contributed by atoms with van der Waals surface area (Å²) in [7, 11) is 0. The molecule has 0 saturated carbocycles. The molecule has 0 radical (unpaired) electrons. The summed E-state index contributed by atoms with van der Waals surface area (Å²) in [6.07, 6.45) is 0.877. The van der Waals surface area contributed by atoms with Gasteiger partial charge in [0.2, 0.25) is 0 Å². The minimum absolute atomic E-state index is 0.470. The van der Waals surface area contributed by atoms with Crippen LogP contribution in [0.2, 0.25) is 20.1 Å². The second-order valence-corrected chi connectivity index (χ2v) is 5.70. The van der Waals surface area contributed by atoms with E-state index in [0.717, 1.165) is 11.1 Å². The van der Waals surface area contributed by atoms with Gasteiger partial charge in [-0.05, 0) is 24.3 Å². The molecule has 0 amide bonds. The van der Waals surface area contributed by atoms with Crippen molar-refractivity contribution in [1.82, 2.24) is 0 Å². The predicted octanol–water partition coefficient (Wildman–Crippen LogP) is 6.55. The second kappa shape index (κ2) is 6.73. The second-order valence-electron chi connectivity index (χ2n) is 4.01. The Kier molecular flexibility index (Phi) is 5.22. The van der Waals surface area contributed by atoms with E-state index < -0.39 is 6.10 Å². The Bertz CT molecular complexity index is 588. The van der Waals surface area contributed by atoms with Gasteiger partial charge in [-0.3, -0.25) is 0 Å². The summed E-state index contributed by atoms with van der Waals surface area (Å²) in [6, 6.07) is 10.4. The highest BCUT2D eigenvalue weighted by molar-refractivity contribution is 6.36. The molecule has 0 atom stereocenters. The van der Waals surface area contributed by atoms with E-state index in [1.807, 2.05) is 0 Å². The van der Waals surface area contributed by atoms with Crippen molar-refractivity contribution in [3.05, 3.63) is 80.5 Å². The van der Waals surface area contributed by atoms with E-state index in [1.165, 1.54) is 6.26 Å². The number of ether oxygens (including phenoxy) is 1. The lowest BCUT2D eigenvalue weighted by Crippen LogP contribution is -2.04. The van der Waals surface area contributed by atoms with Crippen LogP contribution < -0.4 is 0 Å². The zero-order valence-corrected chi connectivity index (χ0v) is 13.3. The number of halogens is 4. The zero-order valence-electron chi connectivity index (χ0n) is 10.2. The molecule has 5 heteroatoms. The molecule has 0 bridgehead atoms. The van der Waals surface area contributed by atoms with E-state index in [1.54, 1.807) is 36.4 Å². The highest BCUT2D eigenvalue weighted by Gasteiger charge is 2.20. The van der Waals surface area contributed by atoms with Crippen LogP contribution in [0, 0.1) is 0 Å². The molecule has 0 saturated heterocycles. The van der Waals surface area contributed by atoms with Crippen LogP contribution in [0.5, 0.6) is 0 Å². The monoisotopic (exact) mass is 346 g/mol. The van der Waals surface area contributed by atoms with Gasteiger partial charge in [-0.15, -0.1) is 0 Å². The summed E-state index contributed by atoms with van der Waals surface area (Å²) in [5.41, 5.74) is 1.50. The highest BCUT2D eigenvalue weighted by atomic mass is 35.5. The lowest BCUT2D eigenvalue weighted by molar-refractivity contribution is 0.184. The highest BCUT2D eigenvalue weighted by Crippen LogP contribution is 2.37. The maximum Gasteiger partial charge on any atom is 0.151 e. The maximum atomic E-state index is 6.23. The molecule has 20 heavy (non-hydrogen) atoms. The van der Waals surface area contributed by atoms with Gasteiger partial charge in [0.15, 0.2) is 6.10 Å². The van der Waals surface area contributed by atoms with Crippen LogP contribution >= 0.6 is 46.4 Å². The van der Waals surface area contributed by atoms with Crippen molar-refractivity contribution in [3.8, 4) is 0 Å². The minimum atomic E-state index is -0.470. The first-order valence-electron chi connectivity index (χ1n) is 5.69. The van der Waals surface area contributed by atoms with E-state index in [9.17, 15) is 0 Å². The predicted molar refractivity (Wildman–Crippen MR) is 86.0 cm³/mol. The molecule has 0 unspecified atom stereocenters. The summed E-state index contributed by atoms with van der Waals surface area (Å²) in [5.74, 6) is 0. The van der Waals surface area contributed by atoms with E-state index in [4.69, 9.17) is 51.1 Å². The molecule has 104 valence electrons. The summed E-state index contributed by atoms with van der Waals surface area (Å²) in [6.45, 7) is 3.59. The van der Waals surface area contributed by atoms with Crippen LogP contribution in [0.25, 0.3) is 0 Å². The van der Waals surface area contributed by atoms with Gasteiger partial charge < -0.3 is 4.74 Å². The topological polar surface area (TPSA) is 9.23 Å². The fourth-order valence-corrected chi connectivity index (χ4v) is 2.85. The van der Waals surface area contributed by atoms with Crippen molar-refractivity contribution in [2.24, 2.45) is 0 Å². The summed E-state index contributed by atoms with van der Waals surface area (Å²) in [4.78, 5) is 0. The van der Waals surface area contributed by atoms with Gasteiger partial charge in [-0.2, -0.15) is 0 Å². The van der Waals surface area contributed by atoms with Gasteiger partial charge in [0.1, 0.15) is 0 Å². The number of benzene rings is 2. The van der Waals surface area contributed by atoms with Crippen molar-refractivity contribution in [3.63, 3.8) is 0 Å². The molecule has 2 aromatic rings. The van der Waals surface area contributed by atoms with Gasteiger partial charge in [0, 0.05) is 31.2 Å². The van der Waals surface area contributed by atoms with Crippen LogP contribution in [0.3, 0.4) is 0 Å². The molecule has 2 aromatic carbocycles. The third kappa shape index (κ3) is 3.42. The fourth-order valence-electron chi connectivity index (χ4n) is 1.84. The number of hydrogen-bond donors (Lipinski definition) is 0. The lowest BCUT2D eigenvalue weighted by Gasteiger charge is -2.20. The average molecular weight is 348 g/mol. The third-order valence-electron chi connectivity index (χ3n) is 2.72. The lowest BCUT2D eigenvalue weighted by atomic mass is 10.0.